The minimum atomic E-state index is -1.01. The van der Waals surface area contributed by atoms with E-state index in [2.05, 4.69) is 30.1 Å². The Morgan fingerprint density at radius 2 is 1.74 bits per heavy atom. The van der Waals surface area contributed by atoms with Crippen LogP contribution >= 0.6 is 0 Å². The van der Waals surface area contributed by atoms with E-state index in [1.54, 1.807) is 18.2 Å². The molecule has 1 heterocycles. The minimum Gasteiger partial charge on any atom is -0.469 e. The van der Waals surface area contributed by atoms with Gasteiger partial charge in [0.25, 0.3) is 0 Å². The zero-order chi connectivity index (χ0) is 24.8. The molecule has 0 bridgehead atoms. The lowest BCUT2D eigenvalue weighted by Crippen LogP contribution is -2.20. The van der Waals surface area contributed by atoms with Gasteiger partial charge in [-0.2, -0.15) is 0 Å². The van der Waals surface area contributed by atoms with Gasteiger partial charge in [0.05, 0.1) is 31.4 Å². The fraction of sp³-hybridized carbons (Fsp3) is 0.321. The van der Waals surface area contributed by atoms with Gasteiger partial charge in [-0.05, 0) is 60.4 Å². The second-order valence-electron chi connectivity index (χ2n) is 8.69. The van der Waals surface area contributed by atoms with Gasteiger partial charge >= 0.3 is 5.97 Å². The van der Waals surface area contributed by atoms with Crippen LogP contribution in [0.25, 0.3) is 23.0 Å². The van der Waals surface area contributed by atoms with Gasteiger partial charge in [0.15, 0.2) is 0 Å². The molecule has 1 aromatic heterocycles. The zero-order valence-electron chi connectivity index (χ0n) is 20.0. The Bertz CT molecular complexity index is 1130. The summed E-state index contributed by atoms with van der Waals surface area (Å²) in [6.45, 7) is 6.28. The number of hydrogen-bond donors (Lipinski definition) is 2. The molecule has 0 saturated heterocycles. The molecule has 0 fully saturated rings. The molecular formula is C28H32FNO4. The summed E-state index contributed by atoms with van der Waals surface area (Å²) in [4.78, 5) is 11.4. The number of aromatic nitrogens is 1. The predicted octanol–water partition coefficient (Wildman–Crippen LogP) is 5.40. The fourth-order valence-electron chi connectivity index (χ4n) is 4.34. The normalized spacial score (nSPS) is 13.4. The van der Waals surface area contributed by atoms with E-state index >= 15 is 0 Å². The van der Waals surface area contributed by atoms with Crippen LogP contribution in [0.3, 0.4) is 0 Å². The Morgan fingerprint density at radius 3 is 2.32 bits per heavy atom. The smallest absolute Gasteiger partial charge is 0.308 e. The minimum absolute atomic E-state index is 0.00681. The van der Waals surface area contributed by atoms with E-state index in [1.165, 1.54) is 19.2 Å². The maximum atomic E-state index is 13.7. The molecule has 3 rings (SSSR count). The third-order valence-corrected chi connectivity index (χ3v) is 5.83. The molecule has 0 aliphatic carbocycles. The molecule has 0 spiro atoms. The first-order valence-corrected chi connectivity index (χ1v) is 11.4. The maximum Gasteiger partial charge on any atom is 0.308 e. The van der Waals surface area contributed by atoms with Crippen LogP contribution < -0.4 is 0 Å². The van der Waals surface area contributed by atoms with Crippen molar-refractivity contribution in [3.05, 3.63) is 83.3 Å². The summed E-state index contributed by atoms with van der Waals surface area (Å²) in [7, 11) is 1.26. The van der Waals surface area contributed by atoms with Gasteiger partial charge in [-0.15, -0.1) is 0 Å². The maximum absolute atomic E-state index is 13.7. The van der Waals surface area contributed by atoms with Crippen LogP contribution in [0.1, 0.15) is 49.4 Å². The van der Waals surface area contributed by atoms with Crippen molar-refractivity contribution in [3.8, 4) is 16.9 Å². The number of carbonyl (C=O) groups excluding carboxylic acids is 1. The van der Waals surface area contributed by atoms with Crippen molar-refractivity contribution in [2.75, 3.05) is 7.11 Å². The molecule has 180 valence electrons. The number of nitrogens with zero attached hydrogens (tertiary/aromatic N) is 1. The first-order chi connectivity index (χ1) is 16.2. The second kappa shape index (κ2) is 11.3. The number of halogens is 1. The van der Waals surface area contributed by atoms with E-state index in [0.717, 1.165) is 33.8 Å². The largest absolute Gasteiger partial charge is 0.469 e. The van der Waals surface area contributed by atoms with Crippen molar-refractivity contribution < 1.29 is 24.1 Å². The van der Waals surface area contributed by atoms with Crippen molar-refractivity contribution in [2.45, 2.75) is 51.7 Å². The number of para-hydroxylation sites is 1. The molecule has 2 unspecified atom stereocenters. The summed E-state index contributed by atoms with van der Waals surface area (Å²) < 4.78 is 20.5. The number of esters is 1. The number of hydrogen-bond acceptors (Lipinski definition) is 4. The highest BCUT2D eigenvalue weighted by molar-refractivity contribution is 5.79. The van der Waals surface area contributed by atoms with Crippen molar-refractivity contribution in [2.24, 2.45) is 0 Å². The molecule has 2 N–H and O–H groups in total. The monoisotopic (exact) mass is 465 g/mol. The van der Waals surface area contributed by atoms with Crippen molar-refractivity contribution in [1.29, 1.82) is 0 Å². The first kappa shape index (κ1) is 25.4. The fourth-order valence-corrected chi connectivity index (χ4v) is 4.34. The highest BCUT2D eigenvalue weighted by atomic mass is 19.1. The summed E-state index contributed by atoms with van der Waals surface area (Å²) in [5, 5.41) is 20.6. The molecule has 0 amide bonds. The number of carbonyl (C=O) groups is 1. The number of aliphatic hydroxyl groups excluding tert-OH is 2. The number of aliphatic hydroxyl groups is 2. The highest BCUT2D eigenvalue weighted by Gasteiger charge is 2.23. The summed E-state index contributed by atoms with van der Waals surface area (Å²) in [5.74, 6) is -0.653. The van der Waals surface area contributed by atoms with Crippen LogP contribution in [-0.2, 0) is 9.53 Å². The van der Waals surface area contributed by atoms with Crippen LogP contribution in [0.15, 0.2) is 60.7 Å². The van der Waals surface area contributed by atoms with E-state index in [1.807, 2.05) is 36.4 Å². The summed E-state index contributed by atoms with van der Waals surface area (Å²) in [6, 6.07) is 16.3. The van der Waals surface area contributed by atoms with Gasteiger partial charge in [0.1, 0.15) is 5.82 Å². The standard InChI is InChI=1S/C28H32FNO4/c1-18(2)27-19(3)30(22-8-6-5-7-9-22)28(20-10-12-21(29)13-11-20)25(27)15-14-23(31)16-24(32)17-26(33)34-4/h5-15,18,23-24,31-32H,16-17H2,1-4H3/b15-14+. The Balaban J connectivity index is 2.11. The first-order valence-electron chi connectivity index (χ1n) is 11.4. The van der Waals surface area contributed by atoms with Crippen LogP contribution in [0, 0.1) is 12.7 Å². The van der Waals surface area contributed by atoms with Gasteiger partial charge in [-0.1, -0.05) is 44.2 Å². The lowest BCUT2D eigenvalue weighted by atomic mass is 9.95. The van der Waals surface area contributed by atoms with Gasteiger partial charge in [-0.25, -0.2) is 4.39 Å². The van der Waals surface area contributed by atoms with E-state index < -0.39 is 18.2 Å². The van der Waals surface area contributed by atoms with Crippen molar-refractivity contribution in [3.63, 3.8) is 0 Å². The van der Waals surface area contributed by atoms with Gasteiger partial charge in [-0.3, -0.25) is 4.79 Å². The predicted molar refractivity (Wildman–Crippen MR) is 132 cm³/mol. The molecule has 0 aliphatic heterocycles. The molecular weight excluding hydrogens is 433 g/mol. The molecule has 2 aromatic carbocycles. The summed E-state index contributed by atoms with van der Waals surface area (Å²) in [6.07, 6.45) is 1.35. The molecule has 34 heavy (non-hydrogen) atoms. The van der Waals surface area contributed by atoms with Crippen LogP contribution in [0.5, 0.6) is 0 Å². The molecule has 2 atom stereocenters. The Morgan fingerprint density at radius 1 is 1.09 bits per heavy atom. The number of ether oxygens (including phenoxy) is 1. The average molecular weight is 466 g/mol. The SMILES string of the molecule is COC(=O)CC(O)CC(O)/C=C/c1c(C(C)C)c(C)n(-c2ccccc2)c1-c1ccc(F)cc1. The van der Waals surface area contributed by atoms with E-state index in [4.69, 9.17) is 0 Å². The third kappa shape index (κ3) is 5.82. The van der Waals surface area contributed by atoms with Crippen molar-refractivity contribution in [1.82, 2.24) is 4.57 Å². The lowest BCUT2D eigenvalue weighted by molar-refractivity contribution is -0.143. The van der Waals surface area contributed by atoms with Crippen LogP contribution in [0.4, 0.5) is 4.39 Å². The average Bonchev–Trinajstić information content (AvgIpc) is 3.10. The van der Waals surface area contributed by atoms with Gasteiger partial charge in [0, 0.05) is 23.4 Å². The highest BCUT2D eigenvalue weighted by Crippen LogP contribution is 2.39. The Labute approximate surface area is 200 Å². The second-order valence-corrected chi connectivity index (χ2v) is 8.69. The van der Waals surface area contributed by atoms with Gasteiger partial charge < -0.3 is 19.5 Å². The topological polar surface area (TPSA) is 71.7 Å². The number of methoxy groups -OCH3 is 1. The molecule has 3 aromatic rings. The Kier molecular flexibility index (Phi) is 8.42. The van der Waals surface area contributed by atoms with E-state index in [9.17, 15) is 19.4 Å². The van der Waals surface area contributed by atoms with E-state index in [0.29, 0.717) is 0 Å². The summed E-state index contributed by atoms with van der Waals surface area (Å²) in [5.41, 5.74) is 5.81. The van der Waals surface area contributed by atoms with Crippen molar-refractivity contribution >= 4 is 12.0 Å². The Hall–Kier alpha value is -3.22. The zero-order valence-corrected chi connectivity index (χ0v) is 20.0. The molecule has 5 nitrogen and oxygen atoms in total. The molecule has 0 saturated carbocycles. The van der Waals surface area contributed by atoms with Crippen LogP contribution in [-0.4, -0.2) is 40.1 Å². The summed E-state index contributed by atoms with van der Waals surface area (Å²) >= 11 is 0. The molecule has 0 aliphatic rings. The molecule has 6 heteroatoms. The van der Waals surface area contributed by atoms with Gasteiger partial charge in [0.2, 0.25) is 0 Å². The number of benzene rings is 2. The molecule has 0 radical (unpaired) electrons. The van der Waals surface area contributed by atoms with Crippen LogP contribution in [0.2, 0.25) is 0 Å². The lowest BCUT2D eigenvalue weighted by Gasteiger charge is -2.14. The van der Waals surface area contributed by atoms with E-state index in [-0.39, 0.29) is 24.6 Å². The number of rotatable bonds is 9. The third-order valence-electron chi connectivity index (χ3n) is 5.83. The quantitative estimate of drug-likeness (QED) is 0.415.